The van der Waals surface area contributed by atoms with E-state index < -0.39 is 0 Å². The molecule has 108 valence electrons. The van der Waals surface area contributed by atoms with Crippen molar-refractivity contribution in [2.24, 2.45) is 0 Å². The van der Waals surface area contributed by atoms with Gasteiger partial charge in [0.05, 0.1) is 5.57 Å². The van der Waals surface area contributed by atoms with Gasteiger partial charge in [-0.05, 0) is 68.9 Å². The Labute approximate surface area is 121 Å². The molecule has 0 aliphatic heterocycles. The summed E-state index contributed by atoms with van der Waals surface area (Å²) in [7, 11) is 0. The van der Waals surface area contributed by atoms with Crippen LogP contribution in [0.3, 0.4) is 0 Å². The lowest BCUT2D eigenvalue weighted by Crippen LogP contribution is -2.13. The van der Waals surface area contributed by atoms with Crippen molar-refractivity contribution in [2.45, 2.75) is 53.9 Å². The summed E-state index contributed by atoms with van der Waals surface area (Å²) in [5.41, 5.74) is 5.28. The van der Waals surface area contributed by atoms with Crippen LogP contribution >= 0.6 is 0 Å². The summed E-state index contributed by atoms with van der Waals surface area (Å²) in [6, 6.07) is 1.89. The predicted octanol–water partition coefficient (Wildman–Crippen LogP) is 4.28. The van der Waals surface area contributed by atoms with Crippen molar-refractivity contribution < 1.29 is 9.59 Å². The largest absolute Gasteiger partial charge is 0.294 e. The average molecular weight is 272 g/mol. The molecular weight excluding hydrogens is 248 g/mol. The Balaban J connectivity index is 3.35. The molecule has 0 radical (unpaired) electrons. The second-order valence-corrected chi connectivity index (χ2v) is 5.44. The van der Waals surface area contributed by atoms with Crippen molar-refractivity contribution in [1.29, 1.82) is 0 Å². The van der Waals surface area contributed by atoms with Gasteiger partial charge in [-0.15, -0.1) is 0 Å². The van der Waals surface area contributed by atoms with Crippen molar-refractivity contribution in [2.75, 3.05) is 0 Å². The minimum absolute atomic E-state index is 0.0674. The van der Waals surface area contributed by atoms with Gasteiger partial charge in [0.2, 0.25) is 0 Å². The van der Waals surface area contributed by atoms with Gasteiger partial charge in [-0.25, -0.2) is 0 Å². The van der Waals surface area contributed by atoms with Crippen LogP contribution < -0.4 is 0 Å². The number of carbonyl (C=O) groups is 2. The maximum Gasteiger partial charge on any atom is 0.196 e. The molecule has 20 heavy (non-hydrogen) atoms. The van der Waals surface area contributed by atoms with Crippen LogP contribution in [0.1, 0.15) is 59.3 Å². The maximum absolute atomic E-state index is 12.4. The van der Waals surface area contributed by atoms with E-state index >= 15 is 0 Å². The first-order valence-corrected chi connectivity index (χ1v) is 7.15. The molecule has 0 atom stereocenters. The highest BCUT2D eigenvalue weighted by Gasteiger charge is 2.19. The number of aryl methyl sites for hydroxylation is 1. The lowest BCUT2D eigenvalue weighted by Gasteiger charge is -2.16. The highest BCUT2D eigenvalue weighted by Crippen LogP contribution is 2.25. The number of hydrogen-bond donors (Lipinski definition) is 0. The van der Waals surface area contributed by atoms with E-state index in [-0.39, 0.29) is 17.1 Å². The Morgan fingerprint density at radius 1 is 1.15 bits per heavy atom. The molecule has 0 unspecified atom stereocenters. The Bertz CT molecular complexity index is 565. The van der Waals surface area contributed by atoms with Gasteiger partial charge in [-0.3, -0.25) is 9.59 Å². The third-order valence-electron chi connectivity index (χ3n) is 3.99. The van der Waals surface area contributed by atoms with Crippen LogP contribution in [0.5, 0.6) is 0 Å². The number of rotatable bonds is 6. The first-order chi connectivity index (χ1) is 9.31. The third-order valence-corrected chi connectivity index (χ3v) is 3.99. The van der Waals surface area contributed by atoms with Gasteiger partial charge in [0.1, 0.15) is 0 Å². The Morgan fingerprint density at radius 3 is 2.25 bits per heavy atom. The first-order valence-electron chi connectivity index (χ1n) is 7.15. The summed E-state index contributed by atoms with van der Waals surface area (Å²) in [5, 5.41) is 0. The van der Waals surface area contributed by atoms with Crippen LogP contribution in [0.2, 0.25) is 0 Å². The Morgan fingerprint density at radius 2 is 1.75 bits per heavy atom. The Hall–Kier alpha value is -1.70. The summed E-state index contributed by atoms with van der Waals surface area (Å²) >= 11 is 0. The second kappa shape index (κ2) is 6.65. The average Bonchev–Trinajstić information content (AvgIpc) is 2.41. The number of benzene rings is 1. The van der Waals surface area contributed by atoms with E-state index in [4.69, 9.17) is 0 Å². The molecule has 1 aromatic carbocycles. The maximum atomic E-state index is 12.4. The fourth-order valence-electron chi connectivity index (χ4n) is 2.40. The highest BCUT2D eigenvalue weighted by atomic mass is 16.1. The molecule has 0 spiro atoms. The van der Waals surface area contributed by atoms with E-state index in [0.29, 0.717) is 5.56 Å². The number of unbranched alkanes of at least 4 members (excludes halogenated alkanes) is 1. The monoisotopic (exact) mass is 272 g/mol. The molecule has 2 nitrogen and oxygen atoms in total. The zero-order chi connectivity index (χ0) is 15.4. The third kappa shape index (κ3) is 3.24. The van der Waals surface area contributed by atoms with E-state index in [1.54, 1.807) is 0 Å². The molecule has 0 saturated heterocycles. The number of Topliss-reactive ketones (excluding diaryl/α,β-unsaturated/α-hetero) is 2. The standard InChI is InChI=1S/C18H24O2/c1-7-8-9-16-12(3)11(2)10-17(14(16)5)18(20)13(4)15(6)19/h10H,4,7-9H2,1-3,5-6H3. The topological polar surface area (TPSA) is 34.1 Å². The molecule has 0 saturated carbocycles. The molecule has 0 amide bonds. The number of ketones is 2. The normalized spacial score (nSPS) is 10.4. The van der Waals surface area contributed by atoms with E-state index in [9.17, 15) is 9.59 Å². The lowest BCUT2D eigenvalue weighted by atomic mass is 9.87. The zero-order valence-corrected chi connectivity index (χ0v) is 13.2. The quantitative estimate of drug-likeness (QED) is 0.335. The van der Waals surface area contributed by atoms with Crippen LogP contribution in [0, 0.1) is 20.8 Å². The molecule has 0 heterocycles. The Kier molecular flexibility index (Phi) is 5.43. The minimum Gasteiger partial charge on any atom is -0.294 e. The molecule has 2 heteroatoms. The van der Waals surface area contributed by atoms with Crippen LogP contribution in [0.4, 0.5) is 0 Å². The molecule has 0 N–H and O–H groups in total. The molecule has 0 bridgehead atoms. The minimum atomic E-state index is -0.261. The van der Waals surface area contributed by atoms with Gasteiger partial charge in [-0.1, -0.05) is 19.9 Å². The molecule has 0 aromatic heterocycles. The zero-order valence-electron chi connectivity index (χ0n) is 13.2. The van der Waals surface area contributed by atoms with Gasteiger partial charge in [0.25, 0.3) is 0 Å². The summed E-state index contributed by atoms with van der Waals surface area (Å²) in [6.45, 7) is 13.2. The molecule has 0 fully saturated rings. The van der Waals surface area contributed by atoms with Crippen molar-refractivity contribution >= 4 is 11.6 Å². The van der Waals surface area contributed by atoms with Gasteiger partial charge in [0.15, 0.2) is 11.6 Å². The fraction of sp³-hybridized carbons (Fsp3) is 0.444. The summed E-state index contributed by atoms with van der Waals surface area (Å²) < 4.78 is 0. The van der Waals surface area contributed by atoms with Crippen LogP contribution in [0.25, 0.3) is 0 Å². The van der Waals surface area contributed by atoms with Crippen molar-refractivity contribution in [3.05, 3.63) is 46.0 Å². The summed E-state index contributed by atoms with van der Waals surface area (Å²) in [5.74, 6) is -0.501. The van der Waals surface area contributed by atoms with Crippen LogP contribution in [0.15, 0.2) is 18.2 Å². The molecule has 1 rings (SSSR count). The second-order valence-electron chi connectivity index (χ2n) is 5.44. The van der Waals surface area contributed by atoms with E-state index in [2.05, 4.69) is 20.4 Å². The number of allylic oxidation sites excluding steroid dienone is 1. The van der Waals surface area contributed by atoms with Crippen molar-refractivity contribution in [3.8, 4) is 0 Å². The SMILES string of the molecule is C=C(C(C)=O)C(=O)c1cc(C)c(C)c(CCCC)c1C. The molecule has 1 aromatic rings. The van der Waals surface area contributed by atoms with Crippen LogP contribution in [-0.4, -0.2) is 11.6 Å². The van der Waals surface area contributed by atoms with Gasteiger partial charge in [-0.2, -0.15) is 0 Å². The number of carbonyl (C=O) groups excluding carboxylic acids is 2. The predicted molar refractivity (Wildman–Crippen MR) is 83.4 cm³/mol. The smallest absolute Gasteiger partial charge is 0.196 e. The summed E-state index contributed by atoms with van der Waals surface area (Å²) in [4.78, 5) is 23.7. The van der Waals surface area contributed by atoms with Gasteiger partial charge < -0.3 is 0 Å². The lowest BCUT2D eigenvalue weighted by molar-refractivity contribution is -0.113. The van der Waals surface area contributed by atoms with E-state index in [0.717, 1.165) is 30.4 Å². The summed E-state index contributed by atoms with van der Waals surface area (Å²) in [6.07, 6.45) is 3.20. The number of hydrogen-bond acceptors (Lipinski definition) is 2. The molecule has 0 aliphatic carbocycles. The highest BCUT2D eigenvalue weighted by molar-refractivity contribution is 6.25. The molecule has 0 aliphatic rings. The van der Waals surface area contributed by atoms with Crippen molar-refractivity contribution in [3.63, 3.8) is 0 Å². The van der Waals surface area contributed by atoms with Crippen molar-refractivity contribution in [1.82, 2.24) is 0 Å². The first kappa shape index (κ1) is 16.4. The van der Waals surface area contributed by atoms with Gasteiger partial charge in [0, 0.05) is 5.56 Å². The van der Waals surface area contributed by atoms with Crippen LogP contribution in [-0.2, 0) is 11.2 Å². The van der Waals surface area contributed by atoms with E-state index in [1.807, 2.05) is 19.9 Å². The van der Waals surface area contributed by atoms with Gasteiger partial charge >= 0.3 is 0 Å². The van der Waals surface area contributed by atoms with E-state index in [1.165, 1.54) is 18.1 Å². The molecular formula is C18H24O2. The fourth-order valence-corrected chi connectivity index (χ4v) is 2.40.